The summed E-state index contributed by atoms with van der Waals surface area (Å²) in [6.45, 7) is 5.25. The van der Waals surface area contributed by atoms with Crippen LogP contribution in [-0.2, 0) is 33.6 Å². The van der Waals surface area contributed by atoms with Gasteiger partial charge in [-0.1, -0.05) is 109 Å². The van der Waals surface area contributed by atoms with Gasteiger partial charge in [-0.25, -0.2) is 4.79 Å². The fourth-order valence-electron chi connectivity index (χ4n) is 9.33. The highest BCUT2D eigenvalue weighted by molar-refractivity contribution is 5.96. The Hall–Kier alpha value is -4.63. The monoisotopic (exact) mass is 895 g/mol. The molecule has 4 bridgehead atoms. The number of unbranched alkanes of at least 4 members (excludes halogenated alkanes) is 12. The van der Waals surface area contributed by atoms with E-state index in [1.54, 1.807) is 18.2 Å². The molecule has 4 amide bonds. The van der Waals surface area contributed by atoms with Gasteiger partial charge in [-0.3, -0.25) is 28.8 Å². The van der Waals surface area contributed by atoms with Crippen LogP contribution in [0.1, 0.15) is 156 Å². The normalized spacial score (nSPS) is 25.5. The van der Waals surface area contributed by atoms with Gasteiger partial charge >= 0.3 is 5.97 Å². The van der Waals surface area contributed by atoms with E-state index in [9.17, 15) is 54.0 Å². The molecule has 0 saturated carbocycles. The van der Waals surface area contributed by atoms with Crippen molar-refractivity contribution in [2.75, 3.05) is 13.6 Å². The number of Topliss-reactive ketones (excluding diaryl/α,β-unsaturated/α-hetero) is 2. The first-order valence-corrected chi connectivity index (χ1v) is 23.8. The van der Waals surface area contributed by atoms with E-state index in [2.05, 4.69) is 17.6 Å². The summed E-state index contributed by atoms with van der Waals surface area (Å²) in [7, 11) is 1.42. The summed E-state index contributed by atoms with van der Waals surface area (Å²) < 4.78 is 0. The fraction of sp³-hybridized carbons (Fsp3) is 0.694. The number of β-amino-alcohol motifs (C(OH)–C–C–N with tert-alkyl or cyclic N) is 1. The maximum atomic E-state index is 14.1. The smallest absolute Gasteiger partial charge is 0.326 e. The van der Waals surface area contributed by atoms with Crippen LogP contribution in [0.4, 0.5) is 0 Å². The lowest BCUT2D eigenvalue weighted by Crippen LogP contribution is -2.50. The van der Waals surface area contributed by atoms with Crippen LogP contribution < -0.4 is 10.6 Å². The number of aliphatic hydroxyl groups excluding tert-OH is 3. The largest absolute Gasteiger partial charge is 0.508 e. The molecule has 1 saturated heterocycles. The molecule has 0 radical (unpaired) electrons. The summed E-state index contributed by atoms with van der Waals surface area (Å²) in [5, 5.41) is 47.4. The van der Waals surface area contributed by atoms with Crippen LogP contribution in [0.5, 0.6) is 0 Å². The van der Waals surface area contributed by atoms with Gasteiger partial charge in [0.15, 0.2) is 11.6 Å². The van der Waals surface area contributed by atoms with Crippen LogP contribution in [0.2, 0.25) is 0 Å². The Kier molecular flexibility index (Phi) is 20.9. The maximum absolute atomic E-state index is 14.1. The molecular formula is C49H74N4O11. The van der Waals surface area contributed by atoms with Gasteiger partial charge in [0.1, 0.15) is 17.8 Å². The van der Waals surface area contributed by atoms with E-state index in [0.717, 1.165) is 19.3 Å². The number of ketones is 2. The molecule has 15 heteroatoms. The summed E-state index contributed by atoms with van der Waals surface area (Å²) in [4.78, 5) is 95.8. The summed E-state index contributed by atoms with van der Waals surface area (Å²) in [6.07, 6.45) is 19.2. The maximum Gasteiger partial charge on any atom is 0.326 e. The molecule has 2 heterocycles. The minimum absolute atomic E-state index is 0.0358. The molecule has 15 nitrogen and oxygen atoms in total. The van der Waals surface area contributed by atoms with E-state index in [-0.39, 0.29) is 69.6 Å². The van der Waals surface area contributed by atoms with Gasteiger partial charge in [-0.2, -0.15) is 0 Å². The topological polar surface area (TPSA) is 231 Å². The third-order valence-corrected chi connectivity index (χ3v) is 13.3. The van der Waals surface area contributed by atoms with Gasteiger partial charge < -0.3 is 40.9 Å². The fourth-order valence-corrected chi connectivity index (χ4v) is 9.33. The van der Waals surface area contributed by atoms with Crippen LogP contribution in [-0.4, -0.2) is 121 Å². The van der Waals surface area contributed by atoms with Crippen molar-refractivity contribution in [3.05, 3.63) is 46.8 Å². The zero-order valence-electron chi connectivity index (χ0n) is 38.5. The molecule has 4 rings (SSSR count). The van der Waals surface area contributed by atoms with Crippen LogP contribution in [0.25, 0.3) is 0 Å². The quantitative estimate of drug-likeness (QED) is 0.0724. The first kappa shape index (κ1) is 52.0. The second kappa shape index (κ2) is 25.8. The molecule has 0 aromatic heterocycles. The number of aliphatic carboxylic acids is 1. The van der Waals surface area contributed by atoms with Crippen molar-refractivity contribution in [1.29, 1.82) is 0 Å². The number of amides is 4. The number of nitrogens with zero attached hydrogens (tertiary/aromatic N) is 2. The summed E-state index contributed by atoms with van der Waals surface area (Å²) >= 11 is 0. The minimum Gasteiger partial charge on any atom is -0.508 e. The number of nitrogens with one attached hydrogen (secondary N) is 2. The number of allylic oxidation sites excluding steroid dienone is 2. The summed E-state index contributed by atoms with van der Waals surface area (Å²) in [5.41, 5.74) is 1.24. The minimum atomic E-state index is -1.32. The Labute approximate surface area is 378 Å². The van der Waals surface area contributed by atoms with Crippen molar-refractivity contribution in [3.63, 3.8) is 0 Å². The van der Waals surface area contributed by atoms with Crippen LogP contribution in [0.3, 0.4) is 0 Å². The first-order valence-electron chi connectivity index (χ1n) is 23.8. The molecule has 4 aliphatic rings. The Balaban J connectivity index is 1.31. The molecule has 0 aromatic rings. The number of carboxylic acid groups (broad SMARTS) is 1. The standard InChI is InChI=1S/C49H74N4O11/c1-5-6-7-8-9-10-11-12-13-14-15-16-17-18-45(60)53-30-35(54)29-39(53)48(62)50-32(3)40(55)23-24-44(59)52(4)46-34-20-22-42(57)37(28-34)36-26-33(19-21-41(36)56)27-38(49(63)64)51-47(61)31(2)25-43(46)58/h19-20,22,26,31-32,34-35,38-39,41,46,54,56-57H,5-18,21,23-25,27-30H2,1-4H3,(H,50,62)(H,51,61)(H,63,64)/t31-,32-,34+,35-,38+,39?,41?,46+/m1/s1. The van der Waals surface area contributed by atoms with Crippen molar-refractivity contribution in [2.24, 2.45) is 11.8 Å². The predicted molar refractivity (Wildman–Crippen MR) is 242 cm³/mol. The molecule has 2 aliphatic carbocycles. The highest BCUT2D eigenvalue weighted by atomic mass is 16.4. The van der Waals surface area contributed by atoms with Crippen LogP contribution in [0, 0.1) is 11.8 Å². The number of likely N-dealkylation sites (tertiary alicyclic amines) is 1. The second-order valence-electron chi connectivity index (χ2n) is 18.5. The third kappa shape index (κ3) is 15.2. The molecule has 64 heavy (non-hydrogen) atoms. The van der Waals surface area contributed by atoms with Gasteiger partial charge in [0.05, 0.1) is 24.3 Å². The average Bonchev–Trinajstić information content (AvgIpc) is 3.66. The molecule has 1 fully saturated rings. The third-order valence-electron chi connectivity index (χ3n) is 13.3. The van der Waals surface area contributed by atoms with E-state index in [4.69, 9.17) is 0 Å². The van der Waals surface area contributed by atoms with E-state index in [0.29, 0.717) is 23.1 Å². The van der Waals surface area contributed by atoms with Crippen LogP contribution in [0.15, 0.2) is 46.8 Å². The zero-order valence-corrected chi connectivity index (χ0v) is 38.5. The number of rotatable bonds is 22. The molecule has 8 atom stereocenters. The van der Waals surface area contributed by atoms with Gasteiger partial charge in [-0.15, -0.1) is 0 Å². The summed E-state index contributed by atoms with van der Waals surface area (Å²) in [6, 6.07) is -4.41. The lowest BCUT2D eigenvalue weighted by Gasteiger charge is -2.36. The number of hydrogen-bond acceptors (Lipinski definition) is 10. The van der Waals surface area contributed by atoms with E-state index in [1.807, 2.05) is 0 Å². The molecule has 0 spiro atoms. The molecule has 356 valence electrons. The van der Waals surface area contributed by atoms with Crippen LogP contribution >= 0.6 is 0 Å². The van der Waals surface area contributed by atoms with Gasteiger partial charge in [-0.05, 0) is 43.4 Å². The average molecular weight is 895 g/mol. The zero-order chi connectivity index (χ0) is 46.9. The Morgan fingerprint density at radius 2 is 1.52 bits per heavy atom. The van der Waals surface area contributed by atoms with Crippen molar-refractivity contribution >= 4 is 41.2 Å². The number of aliphatic hydroxyl groups is 3. The first-order chi connectivity index (χ1) is 30.5. The highest BCUT2D eigenvalue weighted by Crippen LogP contribution is 2.37. The van der Waals surface area contributed by atoms with Crippen molar-refractivity contribution in [2.45, 2.75) is 192 Å². The van der Waals surface area contributed by atoms with Gasteiger partial charge in [0.2, 0.25) is 23.6 Å². The molecule has 2 aliphatic heterocycles. The Morgan fingerprint density at radius 3 is 2.14 bits per heavy atom. The lowest BCUT2D eigenvalue weighted by molar-refractivity contribution is -0.143. The second-order valence-corrected chi connectivity index (χ2v) is 18.5. The van der Waals surface area contributed by atoms with E-state index in [1.165, 1.54) is 94.6 Å². The van der Waals surface area contributed by atoms with E-state index < -0.39 is 83.5 Å². The lowest BCUT2D eigenvalue weighted by atomic mass is 9.78. The SMILES string of the molecule is CCCCCCCCCCCCCCCC(=O)N1C[C@H](O)CC1C(=O)N[C@H](C)C(=O)CCC(=O)N(C)[C@@H]1C(=O)C[C@@H](C)C(=O)N[C@H](C(=O)O)CC2=CCC(O)C(=C2)C2=C(O)C=C[C@H]1C2. The molecule has 2 unspecified atom stereocenters. The van der Waals surface area contributed by atoms with E-state index >= 15 is 0 Å². The van der Waals surface area contributed by atoms with Gasteiger partial charge in [0, 0.05) is 69.5 Å². The molecule has 6 N–H and O–H groups in total. The molecular weight excluding hydrogens is 821 g/mol. The van der Waals surface area contributed by atoms with Gasteiger partial charge in [0.25, 0.3) is 0 Å². The number of hydrogen-bond donors (Lipinski definition) is 6. The Bertz CT molecular complexity index is 1800. The van der Waals surface area contributed by atoms with Crippen molar-refractivity contribution in [3.8, 4) is 0 Å². The molecule has 0 aromatic carbocycles. The number of likely N-dealkylation sites (N-methyl/N-ethyl adjacent to an activating group) is 1. The summed E-state index contributed by atoms with van der Waals surface area (Å²) in [5.74, 6) is -5.99. The number of carbonyl (C=O) groups is 7. The Morgan fingerprint density at radius 1 is 0.891 bits per heavy atom. The van der Waals surface area contributed by atoms with Crippen molar-refractivity contribution < 1.29 is 54.0 Å². The number of carboxylic acids is 1. The number of carbonyl (C=O) groups excluding carboxylic acids is 6. The predicted octanol–water partition coefficient (Wildman–Crippen LogP) is 5.68. The van der Waals surface area contributed by atoms with Crippen molar-refractivity contribution in [1.82, 2.24) is 20.4 Å². The highest BCUT2D eigenvalue weighted by Gasteiger charge is 2.41. The number of fused-ring (bicyclic) bond motifs is 4.